The third-order valence-corrected chi connectivity index (χ3v) is 1.04. The van der Waals surface area contributed by atoms with Crippen molar-refractivity contribution in [2.75, 3.05) is 0 Å². The summed E-state index contributed by atoms with van der Waals surface area (Å²) in [6, 6.07) is 0. The second-order valence-electron chi connectivity index (χ2n) is 2.10. The molecular formula is C5H3F7N2. The quantitative estimate of drug-likeness (QED) is 0.521. The molecule has 0 fully saturated rings. The molecule has 0 aliphatic heterocycles. The minimum Gasteiger partial charge on any atom is -0.395 e. The van der Waals surface area contributed by atoms with E-state index in [1.807, 2.05) is 0 Å². The van der Waals surface area contributed by atoms with E-state index < -0.39 is 29.6 Å². The number of hydrogen-bond donors (Lipinski definition) is 2. The van der Waals surface area contributed by atoms with Crippen LogP contribution in [0.5, 0.6) is 0 Å². The Balaban J connectivity index is 5.14. The summed E-state index contributed by atoms with van der Waals surface area (Å²) in [6.45, 7) is 0. The van der Waals surface area contributed by atoms with Gasteiger partial charge in [-0.05, 0) is 0 Å². The molecule has 0 saturated heterocycles. The van der Waals surface area contributed by atoms with Gasteiger partial charge in [0.15, 0.2) is 5.71 Å². The molecule has 0 aliphatic rings. The van der Waals surface area contributed by atoms with Gasteiger partial charge in [0.05, 0.1) is 0 Å². The van der Waals surface area contributed by atoms with Crippen LogP contribution in [-0.2, 0) is 0 Å². The largest absolute Gasteiger partial charge is 0.445 e. The predicted octanol–water partition coefficient (Wildman–Crippen LogP) is 2.27. The lowest BCUT2D eigenvalue weighted by Gasteiger charge is -2.10. The number of nitrogens with one attached hydrogen (secondary N) is 1. The van der Waals surface area contributed by atoms with Crippen molar-refractivity contribution in [2.45, 2.75) is 12.4 Å². The second-order valence-corrected chi connectivity index (χ2v) is 2.10. The first-order valence-corrected chi connectivity index (χ1v) is 2.86. The molecule has 3 N–H and O–H groups in total. The van der Waals surface area contributed by atoms with Crippen molar-refractivity contribution in [3.8, 4) is 0 Å². The van der Waals surface area contributed by atoms with Gasteiger partial charge in [-0.2, -0.15) is 30.7 Å². The monoisotopic (exact) mass is 224 g/mol. The van der Waals surface area contributed by atoms with Crippen molar-refractivity contribution < 1.29 is 30.7 Å². The minimum absolute atomic E-state index is 2.27. The molecule has 0 aromatic carbocycles. The fraction of sp³-hybridized carbons (Fsp3) is 0.400. The molecule has 0 amide bonds. The first-order valence-electron chi connectivity index (χ1n) is 2.86. The molecule has 0 radical (unpaired) electrons. The Morgan fingerprint density at radius 3 is 1.50 bits per heavy atom. The molecular weight excluding hydrogens is 221 g/mol. The highest BCUT2D eigenvalue weighted by Gasteiger charge is 2.43. The summed E-state index contributed by atoms with van der Waals surface area (Å²) in [5.41, 5.74) is -0.663. The number of nitrogens with two attached hydrogens (primary N) is 1. The van der Waals surface area contributed by atoms with Crippen LogP contribution in [0, 0.1) is 5.41 Å². The summed E-state index contributed by atoms with van der Waals surface area (Å²) in [4.78, 5) is 0. The molecule has 0 rings (SSSR count). The molecule has 0 aromatic rings. The molecule has 0 bridgehead atoms. The normalized spacial score (nSPS) is 15.1. The zero-order chi connectivity index (χ0) is 11.7. The Labute approximate surface area is 72.7 Å². The first kappa shape index (κ1) is 12.7. The van der Waals surface area contributed by atoms with E-state index in [2.05, 4.69) is 5.73 Å². The minimum atomic E-state index is -5.62. The van der Waals surface area contributed by atoms with E-state index in [0.29, 0.717) is 0 Å². The molecule has 2 nitrogen and oxygen atoms in total. The van der Waals surface area contributed by atoms with Crippen LogP contribution in [0.4, 0.5) is 30.7 Å². The number of rotatable bonds is 1. The van der Waals surface area contributed by atoms with Crippen molar-refractivity contribution in [3.63, 3.8) is 0 Å². The number of alkyl halides is 6. The molecule has 0 unspecified atom stereocenters. The Hall–Kier alpha value is -1.28. The van der Waals surface area contributed by atoms with Crippen LogP contribution in [0.25, 0.3) is 0 Å². The van der Waals surface area contributed by atoms with E-state index in [-0.39, 0.29) is 0 Å². The van der Waals surface area contributed by atoms with Crippen molar-refractivity contribution in [3.05, 3.63) is 11.5 Å². The average molecular weight is 224 g/mol. The summed E-state index contributed by atoms with van der Waals surface area (Å²) in [7, 11) is 0. The smallest absolute Gasteiger partial charge is 0.395 e. The highest BCUT2D eigenvalue weighted by atomic mass is 19.4. The van der Waals surface area contributed by atoms with Crippen molar-refractivity contribution in [2.24, 2.45) is 5.73 Å². The topological polar surface area (TPSA) is 49.9 Å². The van der Waals surface area contributed by atoms with E-state index in [1.54, 1.807) is 0 Å². The number of halogens is 7. The maximum atomic E-state index is 12.1. The van der Waals surface area contributed by atoms with Crippen LogP contribution in [-0.4, -0.2) is 18.1 Å². The van der Waals surface area contributed by atoms with Crippen LogP contribution in [0.3, 0.4) is 0 Å². The van der Waals surface area contributed by atoms with Gasteiger partial charge in [-0.15, -0.1) is 0 Å². The van der Waals surface area contributed by atoms with Gasteiger partial charge in [0.1, 0.15) is 5.70 Å². The molecule has 0 spiro atoms. The molecule has 0 atom stereocenters. The van der Waals surface area contributed by atoms with Crippen molar-refractivity contribution in [1.82, 2.24) is 0 Å². The van der Waals surface area contributed by atoms with Gasteiger partial charge < -0.3 is 5.73 Å². The van der Waals surface area contributed by atoms with Gasteiger partial charge in [-0.1, -0.05) is 0 Å². The average Bonchev–Trinajstić information content (AvgIpc) is 1.97. The highest BCUT2D eigenvalue weighted by Crippen LogP contribution is 2.30. The van der Waals surface area contributed by atoms with Gasteiger partial charge >= 0.3 is 12.4 Å². The van der Waals surface area contributed by atoms with Gasteiger partial charge in [0.25, 0.3) is 0 Å². The first-order chi connectivity index (χ1) is 5.98. The van der Waals surface area contributed by atoms with Crippen LogP contribution in [0.15, 0.2) is 11.5 Å². The zero-order valence-corrected chi connectivity index (χ0v) is 6.22. The SMILES string of the molecule is N=C(C(N)=C(F)C(F)(F)F)C(F)(F)F. The van der Waals surface area contributed by atoms with Crippen LogP contribution >= 0.6 is 0 Å². The molecule has 0 aliphatic carbocycles. The fourth-order valence-electron chi connectivity index (χ4n) is 0.415. The summed E-state index contributed by atoms with van der Waals surface area (Å²) < 4.78 is 81.2. The molecule has 0 saturated carbocycles. The Morgan fingerprint density at radius 2 is 1.29 bits per heavy atom. The third kappa shape index (κ3) is 2.89. The van der Waals surface area contributed by atoms with Crippen molar-refractivity contribution >= 4 is 5.71 Å². The van der Waals surface area contributed by atoms with E-state index in [4.69, 9.17) is 5.41 Å². The van der Waals surface area contributed by atoms with E-state index in [1.165, 1.54) is 0 Å². The lowest BCUT2D eigenvalue weighted by atomic mass is 10.2. The highest BCUT2D eigenvalue weighted by molar-refractivity contribution is 6.01. The molecule has 82 valence electrons. The Bertz CT molecular complexity index is 271. The van der Waals surface area contributed by atoms with E-state index in [9.17, 15) is 30.7 Å². The van der Waals surface area contributed by atoms with E-state index in [0.717, 1.165) is 0 Å². The standard InChI is InChI=1S/C5H3F7N2/c6-2(4(7,8)9)1(13)3(14)5(10,11)12/h14H,13H2. The van der Waals surface area contributed by atoms with Crippen LogP contribution < -0.4 is 5.73 Å². The molecule has 0 aromatic heterocycles. The summed E-state index contributed by atoms with van der Waals surface area (Å²) in [6.07, 6.45) is -11.0. The lowest BCUT2D eigenvalue weighted by Crippen LogP contribution is -2.30. The van der Waals surface area contributed by atoms with Crippen LogP contribution in [0.2, 0.25) is 0 Å². The van der Waals surface area contributed by atoms with Gasteiger partial charge in [0.2, 0.25) is 5.83 Å². The summed E-state index contributed by atoms with van der Waals surface area (Å²) in [5.74, 6) is -3.13. The summed E-state index contributed by atoms with van der Waals surface area (Å²) in [5, 5.41) is 6.11. The zero-order valence-electron chi connectivity index (χ0n) is 6.22. The third-order valence-electron chi connectivity index (χ3n) is 1.04. The van der Waals surface area contributed by atoms with Crippen molar-refractivity contribution in [1.29, 1.82) is 5.41 Å². The Kier molecular flexibility index (Phi) is 3.15. The van der Waals surface area contributed by atoms with Crippen LogP contribution in [0.1, 0.15) is 0 Å². The molecule has 9 heteroatoms. The Morgan fingerprint density at radius 1 is 0.929 bits per heavy atom. The number of allylic oxidation sites excluding steroid dienone is 2. The van der Waals surface area contributed by atoms with E-state index >= 15 is 0 Å². The molecule has 0 heterocycles. The van der Waals surface area contributed by atoms with Gasteiger partial charge in [-0.3, -0.25) is 5.41 Å². The van der Waals surface area contributed by atoms with Gasteiger partial charge in [0, 0.05) is 0 Å². The number of hydrogen-bond acceptors (Lipinski definition) is 2. The lowest BCUT2D eigenvalue weighted by molar-refractivity contribution is -0.109. The fourth-order valence-corrected chi connectivity index (χ4v) is 0.415. The van der Waals surface area contributed by atoms with Gasteiger partial charge in [-0.25, -0.2) is 0 Å². The maximum Gasteiger partial charge on any atom is 0.445 e. The maximum absolute atomic E-state index is 12.1. The predicted molar refractivity (Wildman–Crippen MR) is 32.2 cm³/mol. The molecule has 14 heavy (non-hydrogen) atoms. The summed E-state index contributed by atoms with van der Waals surface area (Å²) >= 11 is 0. The second kappa shape index (κ2) is 3.46.